The number of nitrogens with one attached hydrogen (secondary N) is 1. The van der Waals surface area contributed by atoms with E-state index in [0.717, 1.165) is 32.1 Å². The van der Waals surface area contributed by atoms with Gasteiger partial charge in [-0.25, -0.2) is 4.79 Å². The van der Waals surface area contributed by atoms with Crippen LogP contribution in [0.25, 0.3) is 0 Å². The standard InChI is InChI=1S/C12H21NO4/c1-3-12(6-4-5-7-12)9(14)13-8-11(2,17)10(15)16/h17H,3-8H2,1-2H3,(H,13,14)(H,15,16). The molecule has 5 nitrogen and oxygen atoms in total. The Labute approximate surface area is 101 Å². The summed E-state index contributed by atoms with van der Waals surface area (Å²) in [6.07, 6.45) is 4.54. The van der Waals surface area contributed by atoms with Crippen LogP contribution < -0.4 is 5.32 Å². The van der Waals surface area contributed by atoms with Crippen molar-refractivity contribution in [1.82, 2.24) is 5.32 Å². The Morgan fingerprint density at radius 1 is 1.35 bits per heavy atom. The van der Waals surface area contributed by atoms with Crippen molar-refractivity contribution in [2.45, 2.75) is 51.6 Å². The van der Waals surface area contributed by atoms with Crippen molar-refractivity contribution in [3.63, 3.8) is 0 Å². The summed E-state index contributed by atoms with van der Waals surface area (Å²) in [4.78, 5) is 22.8. The first-order chi connectivity index (χ1) is 7.84. The average molecular weight is 243 g/mol. The Hall–Kier alpha value is -1.10. The van der Waals surface area contributed by atoms with E-state index in [1.807, 2.05) is 6.92 Å². The van der Waals surface area contributed by atoms with Crippen molar-refractivity contribution < 1.29 is 19.8 Å². The molecular weight excluding hydrogens is 222 g/mol. The zero-order valence-corrected chi connectivity index (χ0v) is 10.5. The van der Waals surface area contributed by atoms with E-state index in [4.69, 9.17) is 5.11 Å². The lowest BCUT2D eigenvalue weighted by Gasteiger charge is -2.28. The average Bonchev–Trinajstić information content (AvgIpc) is 2.75. The molecule has 0 aromatic rings. The van der Waals surface area contributed by atoms with Gasteiger partial charge in [-0.05, 0) is 26.2 Å². The second kappa shape index (κ2) is 5.04. The second-order valence-electron chi connectivity index (χ2n) is 5.10. The summed E-state index contributed by atoms with van der Waals surface area (Å²) in [6, 6.07) is 0. The van der Waals surface area contributed by atoms with Gasteiger partial charge in [-0.1, -0.05) is 19.8 Å². The van der Waals surface area contributed by atoms with Crippen LogP contribution in [-0.4, -0.2) is 34.2 Å². The van der Waals surface area contributed by atoms with Crippen LogP contribution in [0.4, 0.5) is 0 Å². The summed E-state index contributed by atoms with van der Waals surface area (Å²) in [5.74, 6) is -1.45. The lowest BCUT2D eigenvalue weighted by Crippen LogP contribution is -2.50. The van der Waals surface area contributed by atoms with Crippen molar-refractivity contribution in [2.24, 2.45) is 5.41 Å². The van der Waals surface area contributed by atoms with E-state index in [0.29, 0.717) is 0 Å². The monoisotopic (exact) mass is 243 g/mol. The Morgan fingerprint density at radius 2 is 1.88 bits per heavy atom. The topological polar surface area (TPSA) is 86.6 Å². The highest BCUT2D eigenvalue weighted by Crippen LogP contribution is 2.41. The summed E-state index contributed by atoms with van der Waals surface area (Å²) in [7, 11) is 0. The number of carboxylic acid groups (broad SMARTS) is 1. The molecule has 0 aliphatic heterocycles. The van der Waals surface area contributed by atoms with Gasteiger partial charge < -0.3 is 15.5 Å². The van der Waals surface area contributed by atoms with Gasteiger partial charge in [0.2, 0.25) is 5.91 Å². The third-order valence-corrected chi connectivity index (χ3v) is 3.77. The van der Waals surface area contributed by atoms with Crippen LogP contribution in [0, 0.1) is 5.41 Å². The van der Waals surface area contributed by atoms with Crippen LogP contribution in [0.5, 0.6) is 0 Å². The maximum absolute atomic E-state index is 12.1. The summed E-state index contributed by atoms with van der Waals surface area (Å²) < 4.78 is 0. The Kier molecular flexibility index (Phi) is 4.14. The molecule has 1 fully saturated rings. The molecule has 1 atom stereocenters. The summed E-state index contributed by atoms with van der Waals surface area (Å²) in [5.41, 5.74) is -2.25. The molecule has 0 aromatic heterocycles. The minimum absolute atomic E-state index is 0.126. The molecule has 1 aliphatic carbocycles. The van der Waals surface area contributed by atoms with E-state index < -0.39 is 11.6 Å². The number of aliphatic carboxylic acids is 1. The molecular formula is C12H21NO4. The minimum Gasteiger partial charge on any atom is -0.479 e. The number of rotatable bonds is 5. The molecule has 1 amide bonds. The van der Waals surface area contributed by atoms with Gasteiger partial charge in [0.25, 0.3) is 0 Å². The molecule has 1 rings (SSSR count). The minimum atomic E-state index is -1.90. The molecule has 5 heteroatoms. The Bertz CT molecular complexity index is 306. The quantitative estimate of drug-likeness (QED) is 0.670. The fraction of sp³-hybridized carbons (Fsp3) is 0.833. The van der Waals surface area contributed by atoms with Gasteiger partial charge in [-0.3, -0.25) is 4.79 Å². The Balaban J connectivity index is 2.57. The molecule has 0 aromatic carbocycles. The van der Waals surface area contributed by atoms with Gasteiger partial charge in [0.15, 0.2) is 5.60 Å². The molecule has 17 heavy (non-hydrogen) atoms. The molecule has 98 valence electrons. The number of carbonyl (C=O) groups is 2. The maximum Gasteiger partial charge on any atom is 0.337 e. The van der Waals surface area contributed by atoms with Gasteiger partial charge in [0.1, 0.15) is 0 Å². The van der Waals surface area contributed by atoms with Crippen LogP contribution >= 0.6 is 0 Å². The smallest absolute Gasteiger partial charge is 0.337 e. The number of carboxylic acids is 1. The molecule has 3 N–H and O–H groups in total. The molecule has 0 bridgehead atoms. The molecule has 1 aliphatic rings. The lowest BCUT2D eigenvalue weighted by molar-refractivity contribution is -0.156. The highest BCUT2D eigenvalue weighted by Gasteiger charge is 2.40. The van der Waals surface area contributed by atoms with Crippen LogP contribution in [-0.2, 0) is 9.59 Å². The SMILES string of the molecule is CCC1(C(=O)NCC(C)(O)C(=O)O)CCCC1. The van der Waals surface area contributed by atoms with E-state index in [9.17, 15) is 14.7 Å². The van der Waals surface area contributed by atoms with Gasteiger partial charge in [-0.15, -0.1) is 0 Å². The third kappa shape index (κ3) is 2.97. The van der Waals surface area contributed by atoms with Crippen molar-refractivity contribution in [3.8, 4) is 0 Å². The van der Waals surface area contributed by atoms with Crippen LogP contribution in [0.1, 0.15) is 46.0 Å². The van der Waals surface area contributed by atoms with Gasteiger partial charge >= 0.3 is 5.97 Å². The fourth-order valence-corrected chi connectivity index (χ4v) is 2.31. The van der Waals surface area contributed by atoms with Gasteiger partial charge in [0.05, 0.1) is 6.54 Å². The number of amides is 1. The zero-order valence-electron chi connectivity index (χ0n) is 10.5. The summed E-state index contributed by atoms with van der Waals surface area (Å²) >= 11 is 0. The van der Waals surface area contributed by atoms with Crippen LogP contribution in [0.15, 0.2) is 0 Å². The van der Waals surface area contributed by atoms with E-state index in [2.05, 4.69) is 5.32 Å². The predicted octanol–water partition coefficient (Wildman–Crippen LogP) is 0.909. The normalized spacial score (nSPS) is 21.8. The zero-order chi connectivity index (χ0) is 13.1. The maximum atomic E-state index is 12.1. The van der Waals surface area contributed by atoms with Gasteiger partial charge in [0, 0.05) is 5.41 Å². The highest BCUT2D eigenvalue weighted by atomic mass is 16.4. The summed E-state index contributed by atoms with van der Waals surface area (Å²) in [5, 5.41) is 20.8. The van der Waals surface area contributed by atoms with Crippen molar-refractivity contribution in [1.29, 1.82) is 0 Å². The van der Waals surface area contributed by atoms with Gasteiger partial charge in [-0.2, -0.15) is 0 Å². The number of carbonyl (C=O) groups excluding carboxylic acids is 1. The first-order valence-corrected chi connectivity index (χ1v) is 6.08. The number of hydrogen-bond donors (Lipinski definition) is 3. The highest BCUT2D eigenvalue weighted by molar-refractivity contribution is 5.84. The van der Waals surface area contributed by atoms with Crippen molar-refractivity contribution in [3.05, 3.63) is 0 Å². The van der Waals surface area contributed by atoms with Crippen LogP contribution in [0.2, 0.25) is 0 Å². The third-order valence-electron chi connectivity index (χ3n) is 3.77. The molecule has 0 saturated heterocycles. The molecule has 1 unspecified atom stereocenters. The number of aliphatic hydroxyl groups is 1. The Morgan fingerprint density at radius 3 is 2.29 bits per heavy atom. The molecule has 0 spiro atoms. The van der Waals surface area contributed by atoms with E-state index >= 15 is 0 Å². The molecule has 1 saturated carbocycles. The van der Waals surface area contributed by atoms with Crippen molar-refractivity contribution in [2.75, 3.05) is 6.54 Å². The first kappa shape index (κ1) is 14.0. The molecule has 0 heterocycles. The molecule has 0 radical (unpaired) electrons. The fourth-order valence-electron chi connectivity index (χ4n) is 2.31. The number of hydrogen-bond acceptors (Lipinski definition) is 3. The van der Waals surface area contributed by atoms with Crippen LogP contribution in [0.3, 0.4) is 0 Å². The first-order valence-electron chi connectivity index (χ1n) is 6.08. The predicted molar refractivity (Wildman–Crippen MR) is 62.5 cm³/mol. The second-order valence-corrected chi connectivity index (χ2v) is 5.10. The van der Waals surface area contributed by atoms with E-state index in [1.165, 1.54) is 6.92 Å². The van der Waals surface area contributed by atoms with E-state index in [1.54, 1.807) is 0 Å². The largest absolute Gasteiger partial charge is 0.479 e. The van der Waals surface area contributed by atoms with E-state index in [-0.39, 0.29) is 17.9 Å². The van der Waals surface area contributed by atoms with Crippen molar-refractivity contribution >= 4 is 11.9 Å². The summed E-state index contributed by atoms with van der Waals surface area (Å²) in [6.45, 7) is 2.91. The lowest BCUT2D eigenvalue weighted by atomic mass is 9.82.